The highest BCUT2D eigenvalue weighted by Crippen LogP contribution is 2.08. The first-order valence-corrected chi connectivity index (χ1v) is 4.12. The van der Waals surface area contributed by atoms with Crippen LogP contribution in [-0.4, -0.2) is 9.55 Å². The molecule has 2 N–H and O–H groups in total. The molecule has 0 fully saturated rings. The van der Waals surface area contributed by atoms with Crippen molar-refractivity contribution in [3.05, 3.63) is 30.4 Å². The average molecular weight is 165 g/mol. The maximum Gasteiger partial charge on any atom is 0.0951 e. The molecule has 0 unspecified atom stereocenters. The minimum Gasteiger partial charge on any atom is -0.329 e. The monoisotopic (exact) mass is 165 g/mol. The van der Waals surface area contributed by atoms with Gasteiger partial charge in [0.15, 0.2) is 0 Å². The first-order chi connectivity index (χ1) is 5.75. The topological polar surface area (TPSA) is 43.8 Å². The van der Waals surface area contributed by atoms with E-state index in [1.54, 1.807) is 6.33 Å². The first-order valence-electron chi connectivity index (χ1n) is 4.12. The summed E-state index contributed by atoms with van der Waals surface area (Å²) in [5.74, 6) is 0. The Labute approximate surface area is 72.9 Å². The Kier molecular flexibility index (Phi) is 3.05. The summed E-state index contributed by atoms with van der Waals surface area (Å²) in [6.07, 6.45) is 7.71. The van der Waals surface area contributed by atoms with Gasteiger partial charge in [0.05, 0.1) is 12.0 Å². The zero-order chi connectivity index (χ0) is 8.97. The lowest BCUT2D eigenvalue weighted by molar-refractivity contribution is 0.683. The SMILES string of the molecule is C/C=C/Cn1cncc1[C@H](C)N. The standard InChI is InChI=1S/C9H15N3/c1-3-4-5-12-7-11-6-9(12)8(2)10/h3-4,6-8H,5,10H2,1-2H3/b4-3+/t8-/m0/s1. The van der Waals surface area contributed by atoms with Crippen LogP contribution in [0.5, 0.6) is 0 Å². The van der Waals surface area contributed by atoms with Crippen molar-refractivity contribution in [3.63, 3.8) is 0 Å². The van der Waals surface area contributed by atoms with Gasteiger partial charge < -0.3 is 10.3 Å². The first kappa shape index (κ1) is 9.00. The summed E-state index contributed by atoms with van der Waals surface area (Å²) in [6.45, 7) is 4.82. The van der Waals surface area contributed by atoms with E-state index in [-0.39, 0.29) is 6.04 Å². The third kappa shape index (κ3) is 1.95. The quantitative estimate of drug-likeness (QED) is 0.689. The minimum atomic E-state index is 0.0535. The van der Waals surface area contributed by atoms with Crippen LogP contribution in [0, 0.1) is 0 Å². The maximum atomic E-state index is 5.75. The van der Waals surface area contributed by atoms with Crippen molar-refractivity contribution in [2.75, 3.05) is 0 Å². The van der Waals surface area contributed by atoms with Crippen molar-refractivity contribution in [1.29, 1.82) is 0 Å². The fraction of sp³-hybridized carbons (Fsp3) is 0.444. The Morgan fingerprint density at radius 1 is 1.75 bits per heavy atom. The molecular formula is C9H15N3. The van der Waals surface area contributed by atoms with Gasteiger partial charge >= 0.3 is 0 Å². The largest absolute Gasteiger partial charge is 0.329 e. The zero-order valence-electron chi connectivity index (χ0n) is 7.57. The van der Waals surface area contributed by atoms with Crippen molar-refractivity contribution in [1.82, 2.24) is 9.55 Å². The molecule has 0 aliphatic heterocycles. The van der Waals surface area contributed by atoms with Gasteiger partial charge in [-0.3, -0.25) is 0 Å². The Morgan fingerprint density at radius 2 is 2.50 bits per heavy atom. The van der Waals surface area contributed by atoms with E-state index in [1.165, 1.54) is 0 Å². The van der Waals surface area contributed by atoms with Crippen LogP contribution in [0.4, 0.5) is 0 Å². The molecule has 0 bridgehead atoms. The van der Waals surface area contributed by atoms with E-state index >= 15 is 0 Å². The predicted octanol–water partition coefficient (Wildman–Crippen LogP) is 1.48. The van der Waals surface area contributed by atoms with Gasteiger partial charge in [0.25, 0.3) is 0 Å². The van der Waals surface area contributed by atoms with E-state index < -0.39 is 0 Å². The number of hydrogen-bond donors (Lipinski definition) is 1. The summed E-state index contributed by atoms with van der Waals surface area (Å²) in [4.78, 5) is 4.05. The van der Waals surface area contributed by atoms with Gasteiger partial charge in [-0.1, -0.05) is 12.2 Å². The van der Waals surface area contributed by atoms with Crippen LogP contribution in [0.3, 0.4) is 0 Å². The predicted molar refractivity (Wildman–Crippen MR) is 49.6 cm³/mol. The average Bonchev–Trinajstić information content (AvgIpc) is 2.48. The highest BCUT2D eigenvalue weighted by Gasteiger charge is 2.03. The molecule has 0 aliphatic carbocycles. The van der Waals surface area contributed by atoms with Crippen LogP contribution in [-0.2, 0) is 6.54 Å². The molecule has 0 spiro atoms. The highest BCUT2D eigenvalue weighted by atomic mass is 15.1. The van der Waals surface area contributed by atoms with Crippen LogP contribution < -0.4 is 5.73 Å². The fourth-order valence-corrected chi connectivity index (χ4v) is 1.08. The summed E-state index contributed by atoms with van der Waals surface area (Å²) in [5.41, 5.74) is 6.82. The normalized spacial score (nSPS) is 13.9. The van der Waals surface area contributed by atoms with Gasteiger partial charge in [0.2, 0.25) is 0 Å². The van der Waals surface area contributed by atoms with E-state index in [4.69, 9.17) is 5.73 Å². The van der Waals surface area contributed by atoms with Gasteiger partial charge in [0.1, 0.15) is 0 Å². The number of nitrogens with two attached hydrogens (primary N) is 1. The molecule has 0 saturated carbocycles. The lowest BCUT2D eigenvalue weighted by atomic mass is 10.3. The van der Waals surface area contributed by atoms with Crippen LogP contribution in [0.2, 0.25) is 0 Å². The van der Waals surface area contributed by atoms with Gasteiger partial charge in [-0.25, -0.2) is 4.98 Å². The third-order valence-corrected chi connectivity index (χ3v) is 1.75. The molecule has 1 aromatic rings. The lowest BCUT2D eigenvalue weighted by Crippen LogP contribution is -2.11. The molecule has 3 heteroatoms. The fourth-order valence-electron chi connectivity index (χ4n) is 1.08. The molecule has 0 radical (unpaired) electrons. The summed E-state index contributed by atoms with van der Waals surface area (Å²) in [6, 6.07) is 0.0535. The number of rotatable bonds is 3. The van der Waals surface area contributed by atoms with Crippen molar-refractivity contribution in [2.24, 2.45) is 5.73 Å². The molecule has 1 atom stereocenters. The second kappa shape index (κ2) is 4.07. The summed E-state index contributed by atoms with van der Waals surface area (Å²) < 4.78 is 2.05. The summed E-state index contributed by atoms with van der Waals surface area (Å²) in [7, 11) is 0. The third-order valence-electron chi connectivity index (χ3n) is 1.75. The van der Waals surface area contributed by atoms with E-state index in [1.807, 2.05) is 30.7 Å². The number of allylic oxidation sites excluding steroid dienone is 2. The van der Waals surface area contributed by atoms with Crippen molar-refractivity contribution < 1.29 is 0 Å². The van der Waals surface area contributed by atoms with Crippen LogP contribution in [0.25, 0.3) is 0 Å². The number of hydrogen-bond acceptors (Lipinski definition) is 2. The van der Waals surface area contributed by atoms with E-state index in [9.17, 15) is 0 Å². The zero-order valence-corrected chi connectivity index (χ0v) is 7.57. The Balaban J connectivity index is 2.77. The van der Waals surface area contributed by atoms with Crippen molar-refractivity contribution in [3.8, 4) is 0 Å². The van der Waals surface area contributed by atoms with Gasteiger partial charge in [-0.2, -0.15) is 0 Å². The van der Waals surface area contributed by atoms with E-state index in [2.05, 4.69) is 11.1 Å². The molecule has 0 saturated heterocycles. The highest BCUT2D eigenvalue weighted by molar-refractivity contribution is 5.04. The molecule has 3 nitrogen and oxygen atoms in total. The Morgan fingerprint density at radius 3 is 3.08 bits per heavy atom. The van der Waals surface area contributed by atoms with Crippen LogP contribution in [0.1, 0.15) is 25.6 Å². The number of nitrogens with zero attached hydrogens (tertiary/aromatic N) is 2. The molecule has 1 heterocycles. The Hall–Kier alpha value is -1.09. The van der Waals surface area contributed by atoms with E-state index in [0.717, 1.165) is 12.2 Å². The summed E-state index contributed by atoms with van der Waals surface area (Å²) >= 11 is 0. The van der Waals surface area contributed by atoms with Crippen molar-refractivity contribution in [2.45, 2.75) is 26.4 Å². The molecule has 0 amide bonds. The Bertz CT molecular complexity index is 260. The number of imidazole rings is 1. The molecule has 12 heavy (non-hydrogen) atoms. The van der Waals surface area contributed by atoms with Gasteiger partial charge in [-0.15, -0.1) is 0 Å². The minimum absolute atomic E-state index is 0.0535. The van der Waals surface area contributed by atoms with Gasteiger partial charge in [0, 0.05) is 18.8 Å². The molecule has 0 aromatic carbocycles. The number of aromatic nitrogens is 2. The smallest absolute Gasteiger partial charge is 0.0951 e. The van der Waals surface area contributed by atoms with Crippen molar-refractivity contribution >= 4 is 0 Å². The molecular weight excluding hydrogens is 150 g/mol. The maximum absolute atomic E-state index is 5.75. The van der Waals surface area contributed by atoms with Crippen LogP contribution >= 0.6 is 0 Å². The van der Waals surface area contributed by atoms with E-state index in [0.29, 0.717) is 0 Å². The molecule has 1 aromatic heterocycles. The summed E-state index contributed by atoms with van der Waals surface area (Å²) in [5, 5.41) is 0. The molecule has 0 aliphatic rings. The van der Waals surface area contributed by atoms with Gasteiger partial charge in [-0.05, 0) is 13.8 Å². The second-order valence-corrected chi connectivity index (χ2v) is 2.83. The molecule has 1 rings (SSSR count). The molecule has 66 valence electrons. The lowest BCUT2D eigenvalue weighted by Gasteiger charge is -2.07. The second-order valence-electron chi connectivity index (χ2n) is 2.83. The van der Waals surface area contributed by atoms with Crippen LogP contribution in [0.15, 0.2) is 24.7 Å².